The van der Waals surface area contributed by atoms with Crippen molar-refractivity contribution in [3.63, 3.8) is 0 Å². The summed E-state index contributed by atoms with van der Waals surface area (Å²) in [6.45, 7) is 2.44. The fourth-order valence-corrected chi connectivity index (χ4v) is 6.95. The molecular weight excluding hydrogens is 315 g/mol. The molecule has 1 nitrogen and oxygen atoms in total. The van der Waals surface area contributed by atoms with Gasteiger partial charge in [0.1, 0.15) is 0 Å². The van der Waals surface area contributed by atoms with E-state index >= 15 is 0 Å². The average Bonchev–Trinajstić information content (AvgIpc) is 2.87. The summed E-state index contributed by atoms with van der Waals surface area (Å²) in [5.41, 5.74) is 4.98. The molecule has 0 aromatic carbocycles. The van der Waals surface area contributed by atoms with Gasteiger partial charge < -0.3 is 0 Å². The van der Waals surface area contributed by atoms with E-state index in [2.05, 4.69) is 6.92 Å². The molecule has 0 aromatic rings. The molecule has 22 heavy (non-hydrogen) atoms. The van der Waals surface area contributed by atoms with E-state index in [1.807, 2.05) is 5.54 Å². The number of allylic oxidation sites excluding steroid dienone is 2. The summed E-state index contributed by atoms with van der Waals surface area (Å²) in [6, 6.07) is 0. The maximum absolute atomic E-state index is 11.9. The number of carbonyl (C=O) groups excluding carboxylic acids is 1. The molecule has 0 aliphatic heterocycles. The summed E-state index contributed by atoms with van der Waals surface area (Å²) >= 11 is 12.5. The van der Waals surface area contributed by atoms with Crippen LogP contribution in [-0.4, -0.2) is 5.78 Å². The van der Waals surface area contributed by atoms with Crippen molar-refractivity contribution in [3.8, 4) is 0 Å². The van der Waals surface area contributed by atoms with Crippen molar-refractivity contribution in [2.24, 2.45) is 29.1 Å². The minimum absolute atomic E-state index is 0.181. The largest absolute Gasteiger partial charge is 0.293 e. The number of hydrogen-bond acceptors (Lipinski definition) is 1. The van der Waals surface area contributed by atoms with E-state index < -0.39 is 0 Å². The third kappa shape index (κ3) is 2.01. The molecule has 3 fully saturated rings. The monoisotopic (exact) mass is 338 g/mol. The van der Waals surface area contributed by atoms with Crippen molar-refractivity contribution in [3.05, 3.63) is 21.7 Å². The third-order valence-corrected chi connectivity index (χ3v) is 8.11. The Morgan fingerprint density at radius 2 is 1.91 bits per heavy atom. The summed E-state index contributed by atoms with van der Waals surface area (Å²) in [5.74, 6) is 3.10. The highest BCUT2D eigenvalue weighted by molar-refractivity contribution is 6.43. The van der Waals surface area contributed by atoms with E-state index in [1.54, 1.807) is 0 Å². The van der Waals surface area contributed by atoms with Gasteiger partial charge in [-0.15, -0.1) is 0 Å². The minimum Gasteiger partial charge on any atom is -0.293 e. The summed E-state index contributed by atoms with van der Waals surface area (Å²) in [4.78, 5) is 11.9. The van der Waals surface area contributed by atoms with Crippen LogP contribution in [0, 0.1) is 29.1 Å². The number of carbonyl (C=O) groups is 1. The molecule has 0 bridgehead atoms. The molecule has 3 unspecified atom stereocenters. The van der Waals surface area contributed by atoms with Crippen molar-refractivity contribution < 1.29 is 4.79 Å². The van der Waals surface area contributed by atoms with Gasteiger partial charge in [0.15, 0.2) is 5.78 Å². The van der Waals surface area contributed by atoms with Gasteiger partial charge in [-0.05, 0) is 79.6 Å². The second-order valence-corrected chi connectivity index (χ2v) is 8.61. The van der Waals surface area contributed by atoms with E-state index in [-0.39, 0.29) is 5.78 Å². The molecule has 4 rings (SSSR count). The zero-order chi connectivity index (χ0) is 15.5. The molecular formula is C19H24Cl2O. The first-order valence-electron chi connectivity index (χ1n) is 8.77. The molecule has 0 heterocycles. The van der Waals surface area contributed by atoms with Gasteiger partial charge in [0.05, 0.1) is 5.03 Å². The van der Waals surface area contributed by atoms with Crippen LogP contribution in [0.25, 0.3) is 0 Å². The van der Waals surface area contributed by atoms with Crippen LogP contribution in [0.15, 0.2) is 21.7 Å². The van der Waals surface area contributed by atoms with E-state index in [0.717, 1.165) is 30.6 Å². The minimum atomic E-state index is 0.181. The van der Waals surface area contributed by atoms with Crippen LogP contribution in [0.1, 0.15) is 58.3 Å². The van der Waals surface area contributed by atoms with Crippen molar-refractivity contribution in [1.82, 2.24) is 0 Å². The van der Waals surface area contributed by atoms with Crippen LogP contribution in [0.5, 0.6) is 0 Å². The van der Waals surface area contributed by atoms with Crippen LogP contribution < -0.4 is 0 Å². The molecule has 0 amide bonds. The fraction of sp³-hybridized carbons (Fsp3) is 0.737. The number of rotatable bonds is 0. The van der Waals surface area contributed by atoms with Gasteiger partial charge in [0.25, 0.3) is 0 Å². The zero-order valence-electron chi connectivity index (χ0n) is 13.2. The molecule has 4 aliphatic rings. The lowest BCUT2D eigenvalue weighted by molar-refractivity contribution is -0.116. The molecule has 0 aromatic heterocycles. The summed E-state index contributed by atoms with van der Waals surface area (Å²) in [6.07, 6.45) is 8.97. The number of halogens is 2. The smallest absolute Gasteiger partial charge is 0.174 e. The number of ketones is 1. The summed E-state index contributed by atoms with van der Waals surface area (Å²) in [7, 11) is 0. The van der Waals surface area contributed by atoms with Gasteiger partial charge in [-0.25, -0.2) is 0 Å². The molecule has 3 saturated carbocycles. The Morgan fingerprint density at radius 1 is 1.09 bits per heavy atom. The molecule has 0 radical (unpaired) electrons. The van der Waals surface area contributed by atoms with Gasteiger partial charge in [0.2, 0.25) is 0 Å². The van der Waals surface area contributed by atoms with E-state index in [4.69, 9.17) is 23.2 Å². The normalized spacial score (nSPS) is 46.5. The molecule has 0 N–H and O–H groups in total. The van der Waals surface area contributed by atoms with Crippen LogP contribution >= 0.6 is 23.2 Å². The van der Waals surface area contributed by atoms with Gasteiger partial charge in [-0.1, -0.05) is 35.7 Å². The highest BCUT2D eigenvalue weighted by atomic mass is 35.5. The van der Waals surface area contributed by atoms with Crippen molar-refractivity contribution in [2.45, 2.75) is 58.3 Å². The van der Waals surface area contributed by atoms with Crippen molar-refractivity contribution >= 4 is 29.0 Å². The number of fused-ring (bicyclic) bond motifs is 5. The van der Waals surface area contributed by atoms with Gasteiger partial charge in [-0.3, -0.25) is 4.79 Å². The van der Waals surface area contributed by atoms with Crippen LogP contribution in [0.2, 0.25) is 0 Å². The second-order valence-electron chi connectivity index (χ2n) is 8.01. The van der Waals surface area contributed by atoms with E-state index in [0.29, 0.717) is 22.8 Å². The third-order valence-electron chi connectivity index (χ3n) is 7.39. The Labute approximate surface area is 143 Å². The lowest BCUT2D eigenvalue weighted by Crippen LogP contribution is -2.45. The van der Waals surface area contributed by atoms with Gasteiger partial charge in [-0.2, -0.15) is 0 Å². The maximum atomic E-state index is 11.9. The predicted octanol–water partition coefficient (Wildman–Crippen LogP) is 5.82. The van der Waals surface area contributed by atoms with Crippen molar-refractivity contribution in [2.75, 3.05) is 0 Å². The molecule has 5 atom stereocenters. The number of hydrogen-bond donors (Lipinski definition) is 0. The molecule has 0 saturated heterocycles. The Morgan fingerprint density at radius 3 is 2.68 bits per heavy atom. The highest BCUT2D eigenvalue weighted by Gasteiger charge is 2.54. The topological polar surface area (TPSA) is 17.1 Å². The lowest BCUT2D eigenvalue weighted by atomic mass is 9.52. The quantitative estimate of drug-likeness (QED) is 0.544. The maximum Gasteiger partial charge on any atom is 0.174 e. The first-order valence-corrected chi connectivity index (χ1v) is 9.59. The first-order chi connectivity index (χ1) is 10.6. The lowest BCUT2D eigenvalue weighted by Gasteiger charge is -2.53. The SMILES string of the molecule is C[C@]12CCC3C(CCC4=C(Cl)C(=O)CC[C@@H]43)C1CC/C2=C\Cl. The number of Topliss-reactive ketones (excluding diaryl/α,β-unsaturated/α-hetero) is 1. The summed E-state index contributed by atoms with van der Waals surface area (Å²) < 4.78 is 0. The zero-order valence-corrected chi connectivity index (χ0v) is 14.7. The standard InChI is InChI=1S/C19H24Cl2O/c1-19-9-8-13-12-5-7-17(22)18(21)15(12)4-3-14(13)16(19)6-2-11(19)10-20/h10,12-14,16H,2-9H2,1H3/b11-10+/t12-,13?,14?,16?,19-/m1/s1. The highest BCUT2D eigenvalue weighted by Crippen LogP contribution is 2.63. The first kappa shape index (κ1) is 15.3. The Hall–Kier alpha value is -0.270. The van der Waals surface area contributed by atoms with E-state index in [1.165, 1.54) is 43.3 Å². The fourth-order valence-electron chi connectivity index (χ4n) is 6.26. The second kappa shape index (κ2) is 5.38. The average molecular weight is 339 g/mol. The molecule has 3 heteroatoms. The molecule has 0 spiro atoms. The van der Waals surface area contributed by atoms with Crippen LogP contribution in [0.3, 0.4) is 0 Å². The predicted molar refractivity (Wildman–Crippen MR) is 90.8 cm³/mol. The Bertz CT molecular complexity index is 576. The van der Waals surface area contributed by atoms with Crippen molar-refractivity contribution in [1.29, 1.82) is 0 Å². The van der Waals surface area contributed by atoms with Crippen LogP contribution in [0.4, 0.5) is 0 Å². The summed E-state index contributed by atoms with van der Waals surface area (Å²) in [5, 5.41) is 0.593. The van der Waals surface area contributed by atoms with E-state index in [9.17, 15) is 4.79 Å². The Kier molecular flexibility index (Phi) is 3.73. The van der Waals surface area contributed by atoms with Gasteiger partial charge >= 0.3 is 0 Å². The molecule has 120 valence electrons. The van der Waals surface area contributed by atoms with Gasteiger partial charge in [0, 0.05) is 12.0 Å². The Balaban J connectivity index is 1.66. The molecule has 4 aliphatic carbocycles. The van der Waals surface area contributed by atoms with Crippen LogP contribution in [-0.2, 0) is 4.79 Å².